The summed E-state index contributed by atoms with van der Waals surface area (Å²) in [6.07, 6.45) is 1.11. The highest BCUT2D eigenvalue weighted by Gasteiger charge is 2.25. The van der Waals surface area contributed by atoms with Crippen molar-refractivity contribution in [2.75, 3.05) is 30.0 Å². The Labute approximate surface area is 123 Å². The molecule has 2 rings (SSSR count). The van der Waals surface area contributed by atoms with Crippen molar-refractivity contribution >= 4 is 33.2 Å². The quantitative estimate of drug-likeness (QED) is 0.831. The second kappa shape index (κ2) is 5.65. The van der Waals surface area contributed by atoms with Gasteiger partial charge < -0.3 is 10.6 Å². The number of hydrogen-bond acceptors (Lipinski definition) is 5. The molecule has 110 valence electrons. The van der Waals surface area contributed by atoms with E-state index >= 15 is 0 Å². The summed E-state index contributed by atoms with van der Waals surface area (Å²) in [6, 6.07) is 4.46. The predicted octanol–water partition coefficient (Wildman–Crippen LogP) is 1.25. The fourth-order valence-corrected chi connectivity index (χ4v) is 3.86. The molecular formula is C13H18N2O3S2. The standard InChI is InChI=1S/C13H18N2O3S2/c1-9-8-19-4-3-15(9)13(16)10-5-11(14)7-12(6-10)20(2,17)18/h5-7,9H,3-4,8,14H2,1-2H3. The smallest absolute Gasteiger partial charge is 0.254 e. The molecule has 1 aromatic rings. The molecule has 1 unspecified atom stereocenters. The molecule has 1 aromatic carbocycles. The number of amides is 1. The van der Waals surface area contributed by atoms with Crippen LogP contribution in [-0.2, 0) is 9.84 Å². The number of anilines is 1. The van der Waals surface area contributed by atoms with Crippen molar-refractivity contribution in [2.24, 2.45) is 0 Å². The third-order valence-electron chi connectivity index (χ3n) is 3.23. The number of nitrogens with two attached hydrogens (primary N) is 1. The van der Waals surface area contributed by atoms with Gasteiger partial charge in [-0.05, 0) is 25.1 Å². The Hall–Kier alpha value is -1.21. The third-order valence-corrected chi connectivity index (χ3v) is 5.51. The molecule has 7 heteroatoms. The molecule has 0 aliphatic carbocycles. The monoisotopic (exact) mass is 314 g/mol. The van der Waals surface area contributed by atoms with Crippen LogP contribution >= 0.6 is 11.8 Å². The Morgan fingerprint density at radius 1 is 1.40 bits per heavy atom. The molecule has 1 fully saturated rings. The van der Waals surface area contributed by atoms with Crippen molar-refractivity contribution < 1.29 is 13.2 Å². The molecule has 0 saturated carbocycles. The van der Waals surface area contributed by atoms with E-state index in [1.54, 1.807) is 4.90 Å². The van der Waals surface area contributed by atoms with Gasteiger partial charge in [-0.1, -0.05) is 0 Å². The molecule has 2 N–H and O–H groups in total. The summed E-state index contributed by atoms with van der Waals surface area (Å²) in [4.78, 5) is 14.4. The van der Waals surface area contributed by atoms with Gasteiger partial charge in [0.2, 0.25) is 0 Å². The highest BCUT2D eigenvalue weighted by molar-refractivity contribution is 7.99. The fourth-order valence-electron chi connectivity index (χ4n) is 2.15. The van der Waals surface area contributed by atoms with Crippen LogP contribution in [0.5, 0.6) is 0 Å². The summed E-state index contributed by atoms with van der Waals surface area (Å²) in [5.41, 5.74) is 6.34. The average Bonchev–Trinajstić information content (AvgIpc) is 2.37. The highest BCUT2D eigenvalue weighted by atomic mass is 32.2. The van der Waals surface area contributed by atoms with E-state index in [1.165, 1.54) is 18.2 Å². The van der Waals surface area contributed by atoms with E-state index in [9.17, 15) is 13.2 Å². The molecule has 0 bridgehead atoms. The average molecular weight is 314 g/mol. The lowest BCUT2D eigenvalue weighted by atomic mass is 10.1. The van der Waals surface area contributed by atoms with Crippen molar-refractivity contribution in [3.63, 3.8) is 0 Å². The molecule has 1 atom stereocenters. The SMILES string of the molecule is CC1CSCCN1C(=O)c1cc(N)cc(S(C)(=O)=O)c1. The molecule has 1 aliphatic rings. The fraction of sp³-hybridized carbons (Fsp3) is 0.462. The van der Waals surface area contributed by atoms with Gasteiger partial charge in [-0.2, -0.15) is 11.8 Å². The van der Waals surface area contributed by atoms with E-state index in [0.717, 1.165) is 17.8 Å². The van der Waals surface area contributed by atoms with Crippen molar-refractivity contribution in [1.82, 2.24) is 4.90 Å². The normalized spacial score (nSPS) is 19.9. The van der Waals surface area contributed by atoms with E-state index in [1.807, 2.05) is 18.7 Å². The lowest BCUT2D eigenvalue weighted by Gasteiger charge is -2.33. The van der Waals surface area contributed by atoms with Gasteiger partial charge >= 0.3 is 0 Å². The van der Waals surface area contributed by atoms with Crippen LogP contribution in [0.3, 0.4) is 0 Å². The zero-order valence-corrected chi connectivity index (χ0v) is 13.1. The molecular weight excluding hydrogens is 296 g/mol. The zero-order valence-electron chi connectivity index (χ0n) is 11.5. The first kappa shape index (κ1) is 15.2. The Kier molecular flexibility index (Phi) is 4.29. The molecule has 20 heavy (non-hydrogen) atoms. The summed E-state index contributed by atoms with van der Waals surface area (Å²) >= 11 is 1.82. The summed E-state index contributed by atoms with van der Waals surface area (Å²) in [5.74, 6) is 1.64. The Bertz CT molecular complexity index is 629. The number of sulfone groups is 1. The first-order valence-electron chi connectivity index (χ1n) is 6.28. The van der Waals surface area contributed by atoms with Crippen molar-refractivity contribution in [3.8, 4) is 0 Å². The van der Waals surface area contributed by atoms with Gasteiger partial charge in [0.25, 0.3) is 5.91 Å². The molecule has 1 heterocycles. The molecule has 1 aliphatic heterocycles. The molecule has 5 nitrogen and oxygen atoms in total. The first-order chi connectivity index (χ1) is 9.29. The molecule has 1 amide bonds. The van der Waals surface area contributed by atoms with Gasteiger partial charge in [0, 0.05) is 41.6 Å². The molecule has 0 radical (unpaired) electrons. The Morgan fingerprint density at radius 3 is 2.70 bits per heavy atom. The first-order valence-corrected chi connectivity index (χ1v) is 9.33. The minimum Gasteiger partial charge on any atom is -0.399 e. The Balaban J connectivity index is 2.37. The van der Waals surface area contributed by atoms with Gasteiger partial charge in [-0.3, -0.25) is 4.79 Å². The van der Waals surface area contributed by atoms with Crippen LogP contribution in [0.2, 0.25) is 0 Å². The number of rotatable bonds is 2. The predicted molar refractivity (Wildman–Crippen MR) is 81.8 cm³/mol. The Morgan fingerprint density at radius 2 is 2.10 bits per heavy atom. The summed E-state index contributed by atoms with van der Waals surface area (Å²) < 4.78 is 23.2. The van der Waals surface area contributed by atoms with Gasteiger partial charge in [0.1, 0.15) is 0 Å². The highest BCUT2D eigenvalue weighted by Crippen LogP contribution is 2.22. The van der Waals surface area contributed by atoms with Crippen LogP contribution < -0.4 is 5.73 Å². The second-order valence-corrected chi connectivity index (χ2v) is 8.15. The lowest BCUT2D eigenvalue weighted by Crippen LogP contribution is -2.44. The number of thioether (sulfide) groups is 1. The minimum absolute atomic E-state index is 0.0832. The minimum atomic E-state index is -3.38. The van der Waals surface area contributed by atoms with E-state index in [-0.39, 0.29) is 22.5 Å². The second-order valence-electron chi connectivity index (χ2n) is 4.99. The van der Waals surface area contributed by atoms with Crippen molar-refractivity contribution in [3.05, 3.63) is 23.8 Å². The number of carbonyl (C=O) groups is 1. The summed E-state index contributed by atoms with van der Waals surface area (Å²) in [5, 5.41) is 0. The van der Waals surface area contributed by atoms with Gasteiger partial charge in [-0.15, -0.1) is 0 Å². The van der Waals surface area contributed by atoms with Crippen LogP contribution in [0.4, 0.5) is 5.69 Å². The summed E-state index contributed by atoms with van der Waals surface area (Å²) in [6.45, 7) is 2.67. The van der Waals surface area contributed by atoms with Crippen LogP contribution in [0.25, 0.3) is 0 Å². The maximum atomic E-state index is 12.5. The third kappa shape index (κ3) is 3.27. The molecule has 1 saturated heterocycles. The van der Waals surface area contributed by atoms with Crippen LogP contribution in [0.15, 0.2) is 23.1 Å². The van der Waals surface area contributed by atoms with Crippen molar-refractivity contribution in [2.45, 2.75) is 17.9 Å². The van der Waals surface area contributed by atoms with Gasteiger partial charge in [0.05, 0.1) is 4.90 Å². The lowest BCUT2D eigenvalue weighted by molar-refractivity contribution is 0.0716. The molecule has 0 spiro atoms. The summed E-state index contributed by atoms with van der Waals surface area (Å²) in [7, 11) is -3.38. The molecule has 0 aromatic heterocycles. The van der Waals surface area contributed by atoms with Crippen molar-refractivity contribution in [1.29, 1.82) is 0 Å². The number of nitrogen functional groups attached to an aromatic ring is 1. The number of benzene rings is 1. The van der Waals surface area contributed by atoms with E-state index in [0.29, 0.717) is 12.1 Å². The topological polar surface area (TPSA) is 80.5 Å². The van der Waals surface area contributed by atoms with Gasteiger partial charge in [-0.25, -0.2) is 8.42 Å². The maximum absolute atomic E-state index is 12.5. The van der Waals surface area contributed by atoms with E-state index < -0.39 is 9.84 Å². The van der Waals surface area contributed by atoms with Crippen LogP contribution in [0, 0.1) is 0 Å². The van der Waals surface area contributed by atoms with E-state index in [4.69, 9.17) is 5.73 Å². The van der Waals surface area contributed by atoms with Gasteiger partial charge in [0.15, 0.2) is 9.84 Å². The zero-order chi connectivity index (χ0) is 14.9. The van der Waals surface area contributed by atoms with E-state index in [2.05, 4.69) is 0 Å². The van der Waals surface area contributed by atoms with Crippen LogP contribution in [0.1, 0.15) is 17.3 Å². The van der Waals surface area contributed by atoms with Crippen LogP contribution in [-0.4, -0.2) is 49.6 Å². The number of carbonyl (C=O) groups excluding carboxylic acids is 1. The maximum Gasteiger partial charge on any atom is 0.254 e. The number of nitrogens with zero attached hydrogens (tertiary/aromatic N) is 1. The number of hydrogen-bond donors (Lipinski definition) is 1. The largest absolute Gasteiger partial charge is 0.399 e.